The topological polar surface area (TPSA) is 58.6 Å². The lowest BCUT2D eigenvalue weighted by Crippen LogP contribution is -2.53. The normalized spacial score (nSPS) is 14.5. The van der Waals surface area contributed by atoms with E-state index in [1.807, 2.05) is 30.3 Å². The predicted molar refractivity (Wildman–Crippen MR) is 148 cm³/mol. The smallest absolute Gasteiger partial charge is 0.261 e. The van der Waals surface area contributed by atoms with Crippen LogP contribution in [-0.2, 0) is 22.6 Å². The van der Waals surface area contributed by atoms with Gasteiger partial charge in [-0.25, -0.2) is 4.39 Å². The van der Waals surface area contributed by atoms with Gasteiger partial charge in [0.05, 0.1) is 0 Å². The lowest BCUT2D eigenvalue weighted by molar-refractivity contribution is -0.143. The first-order chi connectivity index (χ1) is 18.4. The Morgan fingerprint density at radius 2 is 1.68 bits per heavy atom. The third-order valence-electron chi connectivity index (χ3n) is 6.75. The monoisotopic (exact) mass is 556 g/mol. The van der Waals surface area contributed by atoms with Crippen molar-refractivity contribution in [1.82, 2.24) is 10.2 Å². The van der Waals surface area contributed by atoms with Crippen LogP contribution in [0.3, 0.4) is 0 Å². The van der Waals surface area contributed by atoms with E-state index >= 15 is 0 Å². The van der Waals surface area contributed by atoms with Crippen LogP contribution < -0.4 is 10.1 Å². The molecule has 1 aliphatic carbocycles. The second-order valence-corrected chi connectivity index (χ2v) is 10.4. The lowest BCUT2D eigenvalue weighted by Gasteiger charge is -2.33. The van der Waals surface area contributed by atoms with Crippen molar-refractivity contribution in [3.63, 3.8) is 0 Å². The molecule has 0 aromatic heterocycles. The van der Waals surface area contributed by atoms with Gasteiger partial charge in [0.2, 0.25) is 5.91 Å². The van der Waals surface area contributed by atoms with E-state index in [2.05, 4.69) is 5.32 Å². The molecule has 0 aliphatic heterocycles. The molecule has 5 nitrogen and oxygen atoms in total. The molecule has 2 amide bonds. The number of nitrogens with one attached hydrogen (secondary N) is 1. The van der Waals surface area contributed by atoms with Crippen molar-refractivity contribution in [3.05, 3.63) is 99.8 Å². The van der Waals surface area contributed by atoms with E-state index in [4.69, 9.17) is 27.9 Å². The number of benzene rings is 3. The summed E-state index contributed by atoms with van der Waals surface area (Å²) in [5, 5.41) is 4.08. The predicted octanol–water partition coefficient (Wildman–Crippen LogP) is 6.60. The molecule has 0 unspecified atom stereocenters. The number of hydrogen-bond donors (Lipinski definition) is 1. The summed E-state index contributed by atoms with van der Waals surface area (Å²) in [6.07, 6.45) is 5.49. The van der Waals surface area contributed by atoms with Gasteiger partial charge in [-0.2, -0.15) is 0 Å². The minimum atomic E-state index is -0.796. The largest absolute Gasteiger partial charge is 0.484 e. The molecule has 0 radical (unpaired) electrons. The maximum absolute atomic E-state index is 13.8. The summed E-state index contributed by atoms with van der Waals surface area (Å²) in [6, 6.07) is 19.4. The second kappa shape index (κ2) is 13.6. The second-order valence-electron chi connectivity index (χ2n) is 9.55. The molecule has 1 N–H and O–H groups in total. The molecule has 0 bridgehead atoms. The molecule has 4 rings (SSSR count). The van der Waals surface area contributed by atoms with Crippen molar-refractivity contribution in [3.8, 4) is 5.75 Å². The third-order valence-corrected chi connectivity index (χ3v) is 7.34. The summed E-state index contributed by atoms with van der Waals surface area (Å²) in [6.45, 7) is -0.226. The van der Waals surface area contributed by atoms with Crippen LogP contribution in [0, 0.1) is 5.82 Å². The molecular weight excluding hydrogens is 526 g/mol. The van der Waals surface area contributed by atoms with Gasteiger partial charge < -0.3 is 15.0 Å². The van der Waals surface area contributed by atoms with Gasteiger partial charge in [-0.15, -0.1) is 0 Å². The average molecular weight is 557 g/mol. The fourth-order valence-electron chi connectivity index (χ4n) is 4.69. The number of ether oxygens (including phenoxy) is 1. The van der Waals surface area contributed by atoms with Gasteiger partial charge in [0, 0.05) is 29.1 Å². The Bertz CT molecular complexity index is 1220. The number of halogens is 3. The van der Waals surface area contributed by atoms with E-state index in [0.717, 1.165) is 31.2 Å². The van der Waals surface area contributed by atoms with Crippen molar-refractivity contribution >= 4 is 35.0 Å². The average Bonchev–Trinajstić information content (AvgIpc) is 2.92. The minimum absolute atomic E-state index is 0.0843. The maximum Gasteiger partial charge on any atom is 0.261 e. The molecule has 1 atom stereocenters. The van der Waals surface area contributed by atoms with E-state index in [1.54, 1.807) is 18.2 Å². The van der Waals surface area contributed by atoms with Crippen molar-refractivity contribution in [1.29, 1.82) is 0 Å². The summed E-state index contributed by atoms with van der Waals surface area (Å²) < 4.78 is 19.0. The SMILES string of the molecule is O=C(NC1CCCCC1)[C@@H](Cc1ccccc1)N(Cc1ccc(Cl)cc1Cl)C(=O)COc1ccc(F)cc1. The fourth-order valence-corrected chi connectivity index (χ4v) is 5.16. The summed E-state index contributed by atoms with van der Waals surface area (Å²) in [4.78, 5) is 29.0. The summed E-state index contributed by atoms with van der Waals surface area (Å²) in [5.74, 6) is -0.637. The molecule has 1 fully saturated rings. The highest BCUT2D eigenvalue weighted by molar-refractivity contribution is 6.35. The Balaban J connectivity index is 1.62. The van der Waals surface area contributed by atoms with Gasteiger partial charge in [-0.3, -0.25) is 9.59 Å². The zero-order chi connectivity index (χ0) is 26.9. The highest BCUT2D eigenvalue weighted by Gasteiger charge is 2.32. The first-order valence-electron chi connectivity index (χ1n) is 12.8. The van der Waals surface area contributed by atoms with Gasteiger partial charge in [-0.1, -0.05) is 78.9 Å². The molecule has 1 saturated carbocycles. The third kappa shape index (κ3) is 7.95. The molecule has 1 aliphatic rings. The molecule has 0 saturated heterocycles. The Morgan fingerprint density at radius 1 is 0.974 bits per heavy atom. The summed E-state index contributed by atoms with van der Waals surface area (Å²) in [7, 11) is 0. The first kappa shape index (κ1) is 27.9. The Morgan fingerprint density at radius 3 is 2.37 bits per heavy atom. The van der Waals surface area contributed by atoms with E-state index in [1.165, 1.54) is 35.6 Å². The highest BCUT2D eigenvalue weighted by atomic mass is 35.5. The zero-order valence-electron chi connectivity index (χ0n) is 21.0. The minimum Gasteiger partial charge on any atom is -0.484 e. The van der Waals surface area contributed by atoms with Crippen LogP contribution in [0.4, 0.5) is 4.39 Å². The van der Waals surface area contributed by atoms with Gasteiger partial charge in [0.25, 0.3) is 5.91 Å². The van der Waals surface area contributed by atoms with E-state index in [9.17, 15) is 14.0 Å². The summed E-state index contributed by atoms with van der Waals surface area (Å²) in [5.41, 5.74) is 1.59. The molecule has 3 aromatic carbocycles. The van der Waals surface area contributed by atoms with Crippen molar-refractivity contribution in [2.45, 2.75) is 57.2 Å². The van der Waals surface area contributed by atoms with Gasteiger partial charge in [0.1, 0.15) is 17.6 Å². The van der Waals surface area contributed by atoms with Crippen LogP contribution in [-0.4, -0.2) is 35.4 Å². The van der Waals surface area contributed by atoms with Crippen LogP contribution in [0.1, 0.15) is 43.2 Å². The number of amides is 2. The lowest BCUT2D eigenvalue weighted by atomic mass is 9.94. The van der Waals surface area contributed by atoms with Crippen LogP contribution >= 0.6 is 23.2 Å². The van der Waals surface area contributed by atoms with E-state index in [-0.39, 0.29) is 31.0 Å². The molecule has 0 heterocycles. The number of rotatable bonds is 10. The number of carbonyl (C=O) groups excluding carboxylic acids is 2. The zero-order valence-corrected chi connectivity index (χ0v) is 22.6. The Kier molecular flexibility index (Phi) is 10.0. The molecule has 8 heteroatoms. The van der Waals surface area contributed by atoms with Crippen LogP contribution in [0.25, 0.3) is 0 Å². The summed E-state index contributed by atoms with van der Waals surface area (Å²) >= 11 is 12.6. The number of hydrogen-bond acceptors (Lipinski definition) is 3. The maximum atomic E-state index is 13.8. The number of carbonyl (C=O) groups is 2. The van der Waals surface area contributed by atoms with Gasteiger partial charge in [0.15, 0.2) is 6.61 Å². The van der Waals surface area contributed by atoms with E-state index in [0.29, 0.717) is 27.8 Å². The molecule has 0 spiro atoms. The fraction of sp³-hybridized carbons (Fsp3) is 0.333. The van der Waals surface area contributed by atoms with Crippen molar-refractivity contribution in [2.75, 3.05) is 6.61 Å². The first-order valence-corrected chi connectivity index (χ1v) is 13.6. The van der Waals surface area contributed by atoms with Gasteiger partial charge in [-0.05, 0) is 60.4 Å². The van der Waals surface area contributed by atoms with Gasteiger partial charge >= 0.3 is 0 Å². The Labute approximate surface area is 232 Å². The molecule has 200 valence electrons. The molecular formula is C30H31Cl2FN2O3. The van der Waals surface area contributed by atoms with Crippen LogP contribution in [0.15, 0.2) is 72.8 Å². The van der Waals surface area contributed by atoms with Crippen molar-refractivity contribution < 1.29 is 18.7 Å². The van der Waals surface area contributed by atoms with E-state index < -0.39 is 11.9 Å². The Hall–Kier alpha value is -3.09. The highest BCUT2D eigenvalue weighted by Crippen LogP contribution is 2.25. The van der Waals surface area contributed by atoms with Crippen LogP contribution in [0.5, 0.6) is 5.75 Å². The quantitative estimate of drug-likeness (QED) is 0.306. The standard InChI is InChI=1S/C30H31Cl2FN2O3/c31-23-12-11-22(27(32)18-23)19-35(29(36)20-38-26-15-13-24(33)14-16-26)28(17-21-7-3-1-4-8-21)30(37)34-25-9-5-2-6-10-25/h1,3-4,7-8,11-16,18,25,28H,2,5-6,9-10,17,19-20H2,(H,34,37)/t28-/m1/s1. The van der Waals surface area contributed by atoms with Crippen molar-refractivity contribution in [2.24, 2.45) is 0 Å². The van der Waals surface area contributed by atoms with Crippen LogP contribution in [0.2, 0.25) is 10.0 Å². The molecule has 3 aromatic rings. The molecule has 38 heavy (non-hydrogen) atoms. The number of nitrogens with zero attached hydrogens (tertiary/aromatic N) is 1.